The van der Waals surface area contributed by atoms with Gasteiger partial charge in [-0.1, -0.05) is 12.1 Å². The summed E-state index contributed by atoms with van der Waals surface area (Å²) in [5.74, 6) is 2.17. The molecule has 0 saturated heterocycles. The molecule has 3 aliphatic rings. The Kier molecular flexibility index (Phi) is 8.62. The number of quaternary nitrogens is 1. The number of phenols is 2. The highest BCUT2D eigenvalue weighted by atomic mass is 16.6. The van der Waals surface area contributed by atoms with Crippen molar-refractivity contribution in [3.63, 3.8) is 0 Å². The summed E-state index contributed by atoms with van der Waals surface area (Å²) in [6, 6.07) is 12.7. The molecule has 3 aromatic rings. The second kappa shape index (κ2) is 12.7. The van der Waals surface area contributed by atoms with Crippen molar-refractivity contribution in [3.8, 4) is 39.9 Å². The molecule has 0 fully saturated rings. The molecular formula is C33H40N3O7+. The van der Waals surface area contributed by atoms with Crippen LogP contribution < -0.4 is 29.7 Å². The van der Waals surface area contributed by atoms with Crippen LogP contribution in [-0.4, -0.2) is 68.7 Å². The number of aliphatic hydroxyl groups excluding tert-OH is 1. The van der Waals surface area contributed by atoms with Crippen molar-refractivity contribution in [1.29, 1.82) is 0 Å². The summed E-state index contributed by atoms with van der Waals surface area (Å²) in [6.45, 7) is 2.17. The zero-order valence-electron chi connectivity index (χ0n) is 24.6. The van der Waals surface area contributed by atoms with E-state index in [2.05, 4.69) is 16.8 Å². The minimum atomic E-state index is -0.462. The molecule has 10 nitrogen and oxygen atoms in total. The molecule has 4 atom stereocenters. The van der Waals surface area contributed by atoms with Crippen molar-refractivity contribution in [3.05, 3.63) is 77.1 Å². The number of rotatable bonds is 11. The van der Waals surface area contributed by atoms with Crippen molar-refractivity contribution in [1.82, 2.24) is 10.6 Å². The molecule has 0 aromatic heterocycles. The van der Waals surface area contributed by atoms with Gasteiger partial charge in [-0.2, -0.15) is 0 Å². The molecule has 43 heavy (non-hydrogen) atoms. The number of phenolic OH excluding ortho intramolecular Hbond substituents is 2. The van der Waals surface area contributed by atoms with Crippen LogP contribution in [-0.2, 0) is 17.6 Å². The van der Waals surface area contributed by atoms with E-state index in [1.165, 1.54) is 17.6 Å². The van der Waals surface area contributed by atoms with Crippen LogP contribution in [0.25, 0.3) is 11.1 Å². The maximum absolute atomic E-state index is 10.4. The molecule has 228 valence electrons. The molecule has 3 aromatic carbocycles. The molecule has 6 rings (SSSR count). The van der Waals surface area contributed by atoms with Crippen molar-refractivity contribution in [2.24, 2.45) is 0 Å². The van der Waals surface area contributed by atoms with Crippen molar-refractivity contribution >= 4 is 0 Å². The lowest BCUT2D eigenvalue weighted by molar-refractivity contribution is -0.843. The van der Waals surface area contributed by atoms with Gasteiger partial charge in [-0.3, -0.25) is 10.2 Å². The molecule has 1 aliphatic carbocycles. The number of ether oxygens (including phenoxy) is 4. The molecule has 0 saturated carbocycles. The van der Waals surface area contributed by atoms with E-state index in [-0.39, 0.29) is 36.7 Å². The number of nitrogens with one attached hydrogen (secondary N) is 3. The maximum Gasteiger partial charge on any atom is 0.160 e. The Morgan fingerprint density at radius 1 is 1.09 bits per heavy atom. The average Bonchev–Trinajstić information content (AvgIpc) is 3.55. The van der Waals surface area contributed by atoms with Crippen molar-refractivity contribution < 1.29 is 39.2 Å². The fourth-order valence-electron chi connectivity index (χ4n) is 6.58. The number of fused-ring (bicyclic) bond motifs is 5. The van der Waals surface area contributed by atoms with Gasteiger partial charge in [0.15, 0.2) is 24.3 Å². The molecule has 6 N–H and O–H groups in total. The van der Waals surface area contributed by atoms with Crippen LogP contribution in [0.4, 0.5) is 0 Å². The maximum atomic E-state index is 10.4. The van der Waals surface area contributed by atoms with Crippen LogP contribution in [0.15, 0.2) is 54.9 Å². The van der Waals surface area contributed by atoms with Crippen LogP contribution in [0.2, 0.25) is 0 Å². The van der Waals surface area contributed by atoms with Crippen LogP contribution in [0.1, 0.15) is 40.7 Å². The van der Waals surface area contributed by atoms with Gasteiger partial charge in [0.25, 0.3) is 0 Å². The van der Waals surface area contributed by atoms with E-state index in [0.29, 0.717) is 24.7 Å². The van der Waals surface area contributed by atoms with Gasteiger partial charge >= 0.3 is 0 Å². The quantitative estimate of drug-likeness (QED) is 0.187. The third-order valence-electron chi connectivity index (χ3n) is 8.53. The third-order valence-corrected chi connectivity index (χ3v) is 8.53. The molecule has 10 heteroatoms. The Morgan fingerprint density at radius 3 is 2.74 bits per heavy atom. The van der Waals surface area contributed by atoms with Gasteiger partial charge in [0.1, 0.15) is 36.2 Å². The monoisotopic (exact) mass is 590 g/mol. The highest BCUT2D eigenvalue weighted by Gasteiger charge is 2.39. The van der Waals surface area contributed by atoms with Gasteiger partial charge in [0.05, 0.1) is 33.2 Å². The number of benzene rings is 3. The average molecular weight is 591 g/mol. The Balaban J connectivity index is 1.49. The van der Waals surface area contributed by atoms with Gasteiger partial charge in [-0.15, -0.1) is 0 Å². The Bertz CT molecular complexity index is 1490. The first-order valence-electron chi connectivity index (χ1n) is 14.8. The predicted octanol–water partition coefficient (Wildman–Crippen LogP) is 2.33. The minimum Gasteiger partial charge on any atom is -0.508 e. The van der Waals surface area contributed by atoms with Crippen LogP contribution >= 0.6 is 0 Å². The Hall–Kier alpha value is -3.96. The SMILES string of the molecule is CNCO[C@@H]1Cc2c(cc(OCCO)c3c2[C@@H](CC[NH+]2C=CNC2)Cc2cc(O)ccc2-3)O[C@@H]1c1ccc(O)c(OC)c1. The van der Waals surface area contributed by atoms with Gasteiger partial charge in [-0.25, -0.2) is 0 Å². The summed E-state index contributed by atoms with van der Waals surface area (Å²) in [4.78, 5) is 1.36. The summed E-state index contributed by atoms with van der Waals surface area (Å²) in [6.07, 6.45) is 5.67. The predicted molar refractivity (Wildman–Crippen MR) is 161 cm³/mol. The van der Waals surface area contributed by atoms with E-state index in [1.54, 1.807) is 18.2 Å². The van der Waals surface area contributed by atoms with E-state index in [9.17, 15) is 15.3 Å². The topological polar surface area (TPSA) is 126 Å². The molecule has 1 unspecified atom stereocenters. The summed E-state index contributed by atoms with van der Waals surface area (Å²) in [5.41, 5.74) is 6.18. The van der Waals surface area contributed by atoms with Crippen LogP contribution in [0, 0.1) is 0 Å². The van der Waals surface area contributed by atoms with Gasteiger partial charge in [-0.05, 0) is 65.9 Å². The smallest absolute Gasteiger partial charge is 0.160 e. The Labute approximate surface area is 251 Å². The summed E-state index contributed by atoms with van der Waals surface area (Å²) in [7, 11) is 3.37. The highest BCUT2D eigenvalue weighted by molar-refractivity contribution is 5.83. The molecule has 0 spiro atoms. The third kappa shape index (κ3) is 5.83. The van der Waals surface area contributed by atoms with Gasteiger partial charge in [0.2, 0.25) is 0 Å². The highest BCUT2D eigenvalue weighted by Crippen LogP contribution is 2.53. The standard InChI is InChI=1S/C33H39N3O7/c1-34-19-42-30-16-25-27(43-33(30)21-3-6-26(39)28(15-21)40-2)17-29(41-12-11-37)32-24-5-4-23(38)14-22(24)13-20(31(25)32)7-9-36-10-8-35-18-36/h3-6,8,10,14-15,17,20,30,33-35,37-39H,7,9,11-13,16,18-19H2,1-2H3/p+1/t20-,30+,33+/m0/s1. The normalized spacial score (nSPS) is 21.7. The summed E-state index contributed by atoms with van der Waals surface area (Å²) in [5, 5.41) is 36.7. The molecule has 0 bridgehead atoms. The van der Waals surface area contributed by atoms with E-state index < -0.39 is 6.10 Å². The number of hydrogen-bond donors (Lipinski definition) is 6. The summed E-state index contributed by atoms with van der Waals surface area (Å²) >= 11 is 0. The first kappa shape index (κ1) is 29.1. The summed E-state index contributed by atoms with van der Waals surface area (Å²) < 4.78 is 24.7. The van der Waals surface area contributed by atoms with E-state index in [1.807, 2.05) is 37.5 Å². The molecule has 0 amide bonds. The first-order valence-corrected chi connectivity index (χ1v) is 14.8. The molecule has 0 radical (unpaired) electrons. The molecular weight excluding hydrogens is 550 g/mol. The Morgan fingerprint density at radius 2 is 1.98 bits per heavy atom. The first-order chi connectivity index (χ1) is 21.0. The number of aromatic hydroxyl groups is 2. The molecule has 2 heterocycles. The van der Waals surface area contributed by atoms with Gasteiger partial charge in [0, 0.05) is 30.0 Å². The van der Waals surface area contributed by atoms with E-state index in [4.69, 9.17) is 18.9 Å². The van der Waals surface area contributed by atoms with Crippen molar-refractivity contribution in [2.75, 3.05) is 47.3 Å². The largest absolute Gasteiger partial charge is 0.508 e. The van der Waals surface area contributed by atoms with E-state index >= 15 is 0 Å². The lowest BCUT2D eigenvalue weighted by atomic mass is 9.73. The second-order valence-corrected chi connectivity index (χ2v) is 11.2. The fraction of sp³-hybridized carbons (Fsp3) is 0.394. The van der Waals surface area contributed by atoms with E-state index in [0.717, 1.165) is 59.6 Å². The van der Waals surface area contributed by atoms with Crippen molar-refractivity contribution in [2.45, 2.75) is 37.4 Å². The minimum absolute atomic E-state index is 0.0571. The van der Waals surface area contributed by atoms with Gasteiger partial charge < -0.3 is 39.6 Å². The lowest BCUT2D eigenvalue weighted by Crippen LogP contribution is -3.07. The van der Waals surface area contributed by atoms with Crippen LogP contribution in [0.5, 0.6) is 28.7 Å². The second-order valence-electron chi connectivity index (χ2n) is 11.2. The number of aliphatic hydroxyl groups is 1. The number of hydrogen-bond acceptors (Lipinski definition) is 9. The molecule has 2 aliphatic heterocycles. The lowest BCUT2D eigenvalue weighted by Gasteiger charge is -2.39. The zero-order valence-corrected chi connectivity index (χ0v) is 24.6. The zero-order chi connectivity index (χ0) is 29.9. The van der Waals surface area contributed by atoms with Crippen LogP contribution in [0.3, 0.4) is 0 Å². The fourth-order valence-corrected chi connectivity index (χ4v) is 6.58. The number of methoxy groups -OCH3 is 1.